The van der Waals surface area contributed by atoms with Crippen LogP contribution in [-0.4, -0.2) is 71.3 Å². The molecule has 1 fully saturated rings. The van der Waals surface area contributed by atoms with Crippen LogP contribution in [0, 0.1) is 13.8 Å². The molecule has 2 N–H and O–H groups in total. The van der Waals surface area contributed by atoms with E-state index in [1.165, 1.54) is 4.90 Å². The van der Waals surface area contributed by atoms with Gasteiger partial charge in [-0.2, -0.15) is 0 Å². The Balaban J connectivity index is 2.13. The third-order valence-corrected chi connectivity index (χ3v) is 5.81. The number of ketones is 1. The monoisotopic (exact) mass is 453 g/mol. The molecule has 1 aliphatic rings. The fraction of sp³-hybridized carbons (Fsp3) is 0.400. The standard InChI is InChI=1S/C25H31N3O5/c1-6-33-25(32)20-15(2)18(16(3)26-20)22(29)19-21(17-11-8-7-9-12-17)28(24(31)23(19)30)14-10-13-27(4)5/h7-9,11-12,21,26,29H,6,10,13-14H2,1-5H3/b22-19+/t21-/m1/s1. The van der Waals surface area contributed by atoms with Gasteiger partial charge in [-0.15, -0.1) is 0 Å². The van der Waals surface area contributed by atoms with Crippen LogP contribution >= 0.6 is 0 Å². The van der Waals surface area contributed by atoms with Crippen molar-refractivity contribution in [2.24, 2.45) is 0 Å². The minimum absolute atomic E-state index is 0.0247. The molecular weight excluding hydrogens is 422 g/mol. The van der Waals surface area contributed by atoms with Crippen LogP contribution in [0.5, 0.6) is 0 Å². The van der Waals surface area contributed by atoms with E-state index in [9.17, 15) is 19.5 Å². The predicted molar refractivity (Wildman–Crippen MR) is 125 cm³/mol. The summed E-state index contributed by atoms with van der Waals surface area (Å²) in [6, 6.07) is 8.48. The molecule has 2 heterocycles. The van der Waals surface area contributed by atoms with E-state index in [-0.39, 0.29) is 23.6 Å². The number of aromatic nitrogens is 1. The molecule has 0 saturated carbocycles. The van der Waals surface area contributed by atoms with Crippen molar-refractivity contribution in [3.8, 4) is 0 Å². The summed E-state index contributed by atoms with van der Waals surface area (Å²) in [5.74, 6) is -2.20. The quantitative estimate of drug-likeness (QED) is 0.275. The van der Waals surface area contributed by atoms with Crippen molar-refractivity contribution in [2.75, 3.05) is 33.8 Å². The number of aromatic amines is 1. The molecule has 1 amide bonds. The lowest BCUT2D eigenvalue weighted by Gasteiger charge is -2.26. The predicted octanol–water partition coefficient (Wildman–Crippen LogP) is 3.18. The van der Waals surface area contributed by atoms with Crippen molar-refractivity contribution >= 4 is 23.4 Å². The lowest BCUT2D eigenvalue weighted by atomic mass is 9.94. The number of benzene rings is 1. The molecule has 3 rings (SSSR count). The smallest absolute Gasteiger partial charge is 0.355 e. The molecule has 0 bridgehead atoms. The zero-order valence-electron chi connectivity index (χ0n) is 19.8. The van der Waals surface area contributed by atoms with Gasteiger partial charge >= 0.3 is 5.97 Å². The Morgan fingerprint density at radius 1 is 1.18 bits per heavy atom. The van der Waals surface area contributed by atoms with Gasteiger partial charge in [-0.1, -0.05) is 30.3 Å². The lowest BCUT2D eigenvalue weighted by Crippen LogP contribution is -2.32. The van der Waals surface area contributed by atoms with Crippen LogP contribution in [0.1, 0.15) is 52.3 Å². The maximum atomic E-state index is 13.2. The number of rotatable bonds is 8. The van der Waals surface area contributed by atoms with Gasteiger partial charge < -0.3 is 24.6 Å². The van der Waals surface area contributed by atoms with Crippen molar-refractivity contribution in [2.45, 2.75) is 33.2 Å². The highest BCUT2D eigenvalue weighted by atomic mass is 16.5. The van der Waals surface area contributed by atoms with Gasteiger partial charge in [-0.25, -0.2) is 4.79 Å². The minimum atomic E-state index is -0.733. The average Bonchev–Trinajstić information content (AvgIpc) is 3.21. The fourth-order valence-corrected chi connectivity index (χ4v) is 4.30. The van der Waals surface area contributed by atoms with Gasteiger partial charge in [0.05, 0.1) is 18.2 Å². The summed E-state index contributed by atoms with van der Waals surface area (Å²) < 4.78 is 5.09. The first-order valence-electron chi connectivity index (χ1n) is 11.0. The number of hydrogen-bond acceptors (Lipinski definition) is 6. The van der Waals surface area contributed by atoms with E-state index >= 15 is 0 Å². The number of carbonyl (C=O) groups is 3. The van der Waals surface area contributed by atoms with Crippen LogP contribution in [0.3, 0.4) is 0 Å². The van der Waals surface area contributed by atoms with E-state index < -0.39 is 23.7 Å². The maximum Gasteiger partial charge on any atom is 0.355 e. The summed E-state index contributed by atoms with van der Waals surface area (Å²) in [5.41, 5.74) is 2.29. The summed E-state index contributed by atoms with van der Waals surface area (Å²) in [6.07, 6.45) is 0.679. The van der Waals surface area contributed by atoms with Crippen molar-refractivity contribution in [1.82, 2.24) is 14.8 Å². The Labute approximate surface area is 193 Å². The van der Waals surface area contributed by atoms with Crippen molar-refractivity contribution in [1.29, 1.82) is 0 Å². The molecule has 1 atom stereocenters. The normalized spacial score (nSPS) is 17.8. The first-order valence-corrected chi connectivity index (χ1v) is 11.0. The molecule has 33 heavy (non-hydrogen) atoms. The number of H-pyrrole nitrogens is 1. The molecule has 1 saturated heterocycles. The highest BCUT2D eigenvalue weighted by molar-refractivity contribution is 6.46. The number of esters is 1. The highest BCUT2D eigenvalue weighted by Gasteiger charge is 2.46. The summed E-state index contributed by atoms with van der Waals surface area (Å²) >= 11 is 0. The van der Waals surface area contributed by atoms with Gasteiger partial charge in [0.2, 0.25) is 0 Å². The van der Waals surface area contributed by atoms with E-state index in [1.54, 1.807) is 20.8 Å². The van der Waals surface area contributed by atoms with Crippen molar-refractivity contribution < 1.29 is 24.2 Å². The van der Waals surface area contributed by atoms with E-state index in [0.717, 1.165) is 12.1 Å². The molecule has 0 aliphatic carbocycles. The Kier molecular flexibility index (Phi) is 7.38. The van der Waals surface area contributed by atoms with E-state index in [4.69, 9.17) is 4.74 Å². The number of nitrogens with one attached hydrogen (secondary N) is 1. The number of likely N-dealkylation sites (tertiary alicyclic amines) is 1. The Hall–Kier alpha value is -3.39. The number of nitrogens with zero attached hydrogens (tertiary/aromatic N) is 2. The SMILES string of the molecule is CCOC(=O)c1[nH]c(C)c(/C(O)=C2\C(=O)C(=O)N(CCCN(C)C)[C@@H]2c2ccccc2)c1C. The fourth-order valence-electron chi connectivity index (χ4n) is 4.30. The number of aliphatic hydroxyl groups is 1. The summed E-state index contributed by atoms with van der Waals surface area (Å²) in [5, 5.41) is 11.4. The Morgan fingerprint density at radius 2 is 1.85 bits per heavy atom. The number of amides is 1. The van der Waals surface area contributed by atoms with Gasteiger partial charge in [0.25, 0.3) is 11.7 Å². The van der Waals surface area contributed by atoms with Crippen LogP contribution in [0.25, 0.3) is 5.76 Å². The molecule has 176 valence electrons. The summed E-state index contributed by atoms with van der Waals surface area (Å²) in [7, 11) is 3.89. The maximum absolute atomic E-state index is 13.2. The number of Topliss-reactive ketones (excluding diaryl/α,β-unsaturated/α-hetero) is 1. The van der Waals surface area contributed by atoms with Crippen LogP contribution < -0.4 is 0 Å². The number of hydrogen-bond donors (Lipinski definition) is 2. The second-order valence-corrected chi connectivity index (χ2v) is 8.41. The first-order chi connectivity index (χ1) is 15.7. The molecule has 1 aliphatic heterocycles. The third-order valence-electron chi connectivity index (χ3n) is 5.81. The Morgan fingerprint density at radius 3 is 2.45 bits per heavy atom. The molecule has 8 nitrogen and oxygen atoms in total. The number of aryl methyl sites for hydroxylation is 1. The second kappa shape index (κ2) is 10.0. The number of aliphatic hydroxyl groups excluding tert-OH is 1. The lowest BCUT2D eigenvalue weighted by molar-refractivity contribution is -0.139. The highest BCUT2D eigenvalue weighted by Crippen LogP contribution is 2.40. The minimum Gasteiger partial charge on any atom is -0.507 e. The first kappa shape index (κ1) is 24.3. The summed E-state index contributed by atoms with van der Waals surface area (Å²) in [4.78, 5) is 45.0. The van der Waals surface area contributed by atoms with Gasteiger partial charge in [0.15, 0.2) is 0 Å². The zero-order valence-corrected chi connectivity index (χ0v) is 19.8. The van der Waals surface area contributed by atoms with Crippen molar-refractivity contribution in [3.63, 3.8) is 0 Å². The molecule has 0 unspecified atom stereocenters. The van der Waals surface area contributed by atoms with Crippen molar-refractivity contribution in [3.05, 3.63) is 64.0 Å². The van der Waals surface area contributed by atoms with Crippen LogP contribution in [0.2, 0.25) is 0 Å². The third kappa shape index (κ3) is 4.71. The van der Waals surface area contributed by atoms with Crippen LogP contribution in [0.4, 0.5) is 0 Å². The molecule has 1 aromatic heterocycles. The van der Waals surface area contributed by atoms with E-state index in [2.05, 4.69) is 4.98 Å². The van der Waals surface area contributed by atoms with Gasteiger partial charge in [0, 0.05) is 17.8 Å². The molecule has 8 heteroatoms. The van der Waals surface area contributed by atoms with E-state index in [1.807, 2.05) is 49.3 Å². The molecule has 0 spiro atoms. The van der Waals surface area contributed by atoms with E-state index in [0.29, 0.717) is 29.8 Å². The topological polar surface area (TPSA) is 103 Å². The molecule has 1 aromatic carbocycles. The zero-order chi connectivity index (χ0) is 24.3. The van der Waals surface area contributed by atoms with Crippen LogP contribution in [0.15, 0.2) is 35.9 Å². The summed E-state index contributed by atoms with van der Waals surface area (Å²) in [6.45, 7) is 6.43. The molecular formula is C25H31N3O5. The number of carbonyl (C=O) groups excluding carboxylic acids is 3. The number of ether oxygens (including phenoxy) is 1. The largest absolute Gasteiger partial charge is 0.507 e. The average molecular weight is 454 g/mol. The molecule has 2 aromatic rings. The second-order valence-electron chi connectivity index (χ2n) is 8.41. The van der Waals surface area contributed by atoms with Gasteiger partial charge in [-0.05, 0) is 59.0 Å². The molecule has 0 radical (unpaired) electrons. The van der Waals surface area contributed by atoms with Gasteiger partial charge in [0.1, 0.15) is 11.5 Å². The van der Waals surface area contributed by atoms with Crippen LogP contribution in [-0.2, 0) is 14.3 Å². The Bertz CT molecular complexity index is 1080. The van der Waals surface area contributed by atoms with Gasteiger partial charge in [-0.3, -0.25) is 9.59 Å².